The summed E-state index contributed by atoms with van der Waals surface area (Å²) in [6, 6.07) is 0. The molecule has 0 N–H and O–H groups in total. The Morgan fingerprint density at radius 2 is 2.13 bits per heavy atom. The van der Waals surface area contributed by atoms with Gasteiger partial charge in [-0.05, 0) is 43.9 Å². The van der Waals surface area contributed by atoms with E-state index in [0.29, 0.717) is 0 Å². The minimum absolute atomic E-state index is 0.160. The second-order valence-electron chi connectivity index (χ2n) is 5.57. The predicted octanol–water partition coefficient (Wildman–Crippen LogP) is 4.90. The molecule has 0 nitrogen and oxygen atoms in total. The Bertz CT molecular complexity index is 229. The average Bonchev–Trinajstić information content (AvgIpc) is 2.48. The highest BCUT2D eigenvalue weighted by atomic mass is 19.1. The highest BCUT2D eigenvalue weighted by Gasteiger charge is 2.34. The summed E-state index contributed by atoms with van der Waals surface area (Å²) >= 11 is 0. The van der Waals surface area contributed by atoms with Crippen LogP contribution in [-0.4, -0.2) is 6.17 Å². The zero-order chi connectivity index (χ0) is 11.5. The molecule has 0 fully saturated rings. The fraction of sp³-hybridized carbons (Fsp3) is 0.857. The van der Waals surface area contributed by atoms with Crippen LogP contribution in [0.5, 0.6) is 0 Å². The van der Waals surface area contributed by atoms with Gasteiger partial charge in [-0.2, -0.15) is 0 Å². The van der Waals surface area contributed by atoms with Gasteiger partial charge in [0, 0.05) is 0 Å². The van der Waals surface area contributed by atoms with Crippen LogP contribution in [0.4, 0.5) is 4.39 Å². The third-order valence-electron chi connectivity index (χ3n) is 3.64. The van der Waals surface area contributed by atoms with E-state index in [9.17, 15) is 4.39 Å². The maximum atomic E-state index is 13.8. The van der Waals surface area contributed by atoms with Crippen molar-refractivity contribution in [1.29, 1.82) is 0 Å². The molecule has 1 aliphatic rings. The molecule has 1 aliphatic carbocycles. The van der Waals surface area contributed by atoms with Gasteiger partial charge in [0.15, 0.2) is 0 Å². The molecule has 0 amide bonds. The van der Waals surface area contributed by atoms with Gasteiger partial charge < -0.3 is 0 Å². The third-order valence-corrected chi connectivity index (χ3v) is 3.64. The predicted molar refractivity (Wildman–Crippen MR) is 64.7 cm³/mol. The highest BCUT2D eigenvalue weighted by Crippen LogP contribution is 2.44. The van der Waals surface area contributed by atoms with Crippen LogP contribution >= 0.6 is 0 Å². The van der Waals surface area contributed by atoms with Crippen LogP contribution < -0.4 is 0 Å². The van der Waals surface area contributed by atoms with Crippen molar-refractivity contribution in [2.24, 2.45) is 11.3 Å². The molecule has 0 aliphatic heterocycles. The largest absolute Gasteiger partial charge is 0.247 e. The molecular weight excluding hydrogens is 187 g/mol. The molecule has 0 unspecified atom stereocenters. The standard InChI is InChI=1S/C14H25F/c1-5-7-14(8-6-12(4)9-14)10-13(15)11(2)3/h9,11,13H,5-8,10H2,1-4H3/t13-,14+/m1/s1. The molecule has 0 heterocycles. The second kappa shape index (κ2) is 5.14. The first-order valence-corrected chi connectivity index (χ1v) is 6.31. The molecule has 1 heteroatoms. The van der Waals surface area contributed by atoms with E-state index in [-0.39, 0.29) is 11.3 Å². The molecule has 0 radical (unpaired) electrons. The summed E-state index contributed by atoms with van der Waals surface area (Å²) in [6.45, 7) is 8.34. The Kier molecular flexibility index (Phi) is 4.36. The molecule has 0 saturated carbocycles. The van der Waals surface area contributed by atoms with E-state index in [1.54, 1.807) is 0 Å². The van der Waals surface area contributed by atoms with Crippen LogP contribution in [0.2, 0.25) is 0 Å². The van der Waals surface area contributed by atoms with Gasteiger partial charge in [0.25, 0.3) is 0 Å². The Balaban J connectivity index is 2.67. The van der Waals surface area contributed by atoms with Gasteiger partial charge in [0.05, 0.1) is 0 Å². The zero-order valence-corrected chi connectivity index (χ0v) is 10.6. The summed E-state index contributed by atoms with van der Waals surface area (Å²) in [5.41, 5.74) is 1.64. The van der Waals surface area contributed by atoms with E-state index >= 15 is 0 Å². The number of alkyl halides is 1. The molecule has 0 spiro atoms. The normalized spacial score (nSPS) is 28.3. The van der Waals surface area contributed by atoms with E-state index in [1.807, 2.05) is 13.8 Å². The lowest BCUT2D eigenvalue weighted by Gasteiger charge is -2.30. The summed E-state index contributed by atoms with van der Waals surface area (Å²) in [6.07, 6.45) is 7.09. The Labute approximate surface area is 94.0 Å². The lowest BCUT2D eigenvalue weighted by atomic mass is 9.77. The topological polar surface area (TPSA) is 0 Å². The third kappa shape index (κ3) is 3.32. The van der Waals surface area contributed by atoms with Crippen LogP contribution in [0.1, 0.15) is 59.8 Å². The first-order valence-electron chi connectivity index (χ1n) is 6.31. The van der Waals surface area contributed by atoms with Crippen LogP contribution in [0.15, 0.2) is 11.6 Å². The smallest absolute Gasteiger partial charge is 0.103 e. The number of halogens is 1. The Morgan fingerprint density at radius 1 is 1.47 bits per heavy atom. The number of allylic oxidation sites excluding steroid dienone is 2. The van der Waals surface area contributed by atoms with Crippen molar-refractivity contribution in [3.8, 4) is 0 Å². The molecule has 0 aromatic rings. The molecule has 0 aromatic carbocycles. The molecular formula is C14H25F. The van der Waals surface area contributed by atoms with Gasteiger partial charge in [0.1, 0.15) is 6.17 Å². The van der Waals surface area contributed by atoms with Crippen molar-refractivity contribution in [2.75, 3.05) is 0 Å². The summed E-state index contributed by atoms with van der Waals surface area (Å²) in [4.78, 5) is 0. The van der Waals surface area contributed by atoms with Crippen LogP contribution in [0.3, 0.4) is 0 Å². The zero-order valence-electron chi connectivity index (χ0n) is 10.6. The summed E-state index contributed by atoms with van der Waals surface area (Å²) in [5.74, 6) is 0.160. The van der Waals surface area contributed by atoms with Crippen molar-refractivity contribution in [3.63, 3.8) is 0 Å². The van der Waals surface area contributed by atoms with E-state index in [0.717, 1.165) is 19.3 Å². The maximum Gasteiger partial charge on any atom is 0.103 e. The number of hydrogen-bond donors (Lipinski definition) is 0. The molecule has 0 saturated heterocycles. The van der Waals surface area contributed by atoms with Crippen molar-refractivity contribution in [2.45, 2.75) is 66.0 Å². The molecule has 0 bridgehead atoms. The quantitative estimate of drug-likeness (QED) is 0.569. The van der Waals surface area contributed by atoms with Gasteiger partial charge >= 0.3 is 0 Å². The molecule has 1 rings (SSSR count). The fourth-order valence-electron chi connectivity index (χ4n) is 2.70. The monoisotopic (exact) mass is 212 g/mol. The second-order valence-corrected chi connectivity index (χ2v) is 5.57. The Morgan fingerprint density at radius 3 is 2.53 bits per heavy atom. The van der Waals surface area contributed by atoms with Gasteiger partial charge in [-0.3, -0.25) is 0 Å². The molecule has 15 heavy (non-hydrogen) atoms. The van der Waals surface area contributed by atoms with Gasteiger partial charge in [0.2, 0.25) is 0 Å². The van der Waals surface area contributed by atoms with Crippen molar-refractivity contribution < 1.29 is 4.39 Å². The fourth-order valence-corrected chi connectivity index (χ4v) is 2.70. The lowest BCUT2D eigenvalue weighted by molar-refractivity contribution is 0.162. The average molecular weight is 212 g/mol. The number of rotatable bonds is 5. The first kappa shape index (κ1) is 12.7. The minimum atomic E-state index is -0.640. The van der Waals surface area contributed by atoms with Gasteiger partial charge in [-0.15, -0.1) is 0 Å². The van der Waals surface area contributed by atoms with Gasteiger partial charge in [-0.25, -0.2) is 4.39 Å². The van der Waals surface area contributed by atoms with Crippen LogP contribution in [-0.2, 0) is 0 Å². The first-order chi connectivity index (χ1) is 6.99. The SMILES string of the molecule is CCC[C@@]1(C[C@@H](F)C(C)C)C=C(C)CC1. The van der Waals surface area contributed by atoms with Crippen molar-refractivity contribution in [1.82, 2.24) is 0 Å². The maximum absolute atomic E-state index is 13.8. The molecule has 2 atom stereocenters. The minimum Gasteiger partial charge on any atom is -0.247 e. The summed E-state index contributed by atoms with van der Waals surface area (Å²) in [7, 11) is 0. The molecule has 88 valence electrons. The van der Waals surface area contributed by atoms with Crippen LogP contribution in [0.25, 0.3) is 0 Å². The lowest BCUT2D eigenvalue weighted by Crippen LogP contribution is -2.23. The van der Waals surface area contributed by atoms with E-state index in [2.05, 4.69) is 19.9 Å². The van der Waals surface area contributed by atoms with E-state index in [4.69, 9.17) is 0 Å². The highest BCUT2D eigenvalue weighted by molar-refractivity contribution is 5.15. The summed E-state index contributed by atoms with van der Waals surface area (Å²) < 4.78 is 13.8. The van der Waals surface area contributed by atoms with E-state index in [1.165, 1.54) is 18.4 Å². The van der Waals surface area contributed by atoms with E-state index < -0.39 is 6.17 Å². The van der Waals surface area contributed by atoms with Crippen molar-refractivity contribution in [3.05, 3.63) is 11.6 Å². The summed E-state index contributed by atoms with van der Waals surface area (Å²) in [5, 5.41) is 0. The van der Waals surface area contributed by atoms with Gasteiger partial charge in [-0.1, -0.05) is 38.8 Å². The van der Waals surface area contributed by atoms with Crippen molar-refractivity contribution >= 4 is 0 Å². The van der Waals surface area contributed by atoms with Crippen LogP contribution in [0, 0.1) is 11.3 Å². The Hall–Kier alpha value is -0.330. The number of hydrogen-bond acceptors (Lipinski definition) is 0. The molecule has 0 aromatic heterocycles.